The van der Waals surface area contributed by atoms with Crippen LogP contribution in [0.1, 0.15) is 0 Å². The highest BCUT2D eigenvalue weighted by molar-refractivity contribution is 5.74. The number of amides is 2. The van der Waals surface area contributed by atoms with Gasteiger partial charge in [-0.15, -0.1) is 0 Å². The first kappa shape index (κ1) is 12.6. The smallest absolute Gasteiger partial charge is 0.317 e. The number of rotatable bonds is 2. The average molecular weight is 243 g/mol. The molecule has 2 saturated heterocycles. The largest absolute Gasteiger partial charge is 0.380 e. The van der Waals surface area contributed by atoms with E-state index in [4.69, 9.17) is 9.47 Å². The van der Waals surface area contributed by atoms with Crippen molar-refractivity contribution in [1.82, 2.24) is 15.5 Å². The highest BCUT2D eigenvalue weighted by Crippen LogP contribution is 2.00. The summed E-state index contributed by atoms with van der Waals surface area (Å²) in [5, 5.41) is 6.25. The molecule has 0 aliphatic carbocycles. The molecule has 2 N–H and O–H groups in total. The van der Waals surface area contributed by atoms with E-state index < -0.39 is 0 Å². The topological polar surface area (TPSA) is 62.8 Å². The summed E-state index contributed by atoms with van der Waals surface area (Å²) < 4.78 is 10.6. The molecule has 0 aromatic rings. The normalized spacial score (nSPS) is 26.4. The van der Waals surface area contributed by atoms with Gasteiger partial charge in [0.15, 0.2) is 0 Å². The Kier molecular flexibility index (Phi) is 5.03. The third-order valence-corrected chi connectivity index (χ3v) is 3.05. The molecule has 0 bridgehead atoms. The number of carbonyl (C=O) groups is 1. The first-order valence-electron chi connectivity index (χ1n) is 6.25. The average Bonchev–Trinajstić information content (AvgIpc) is 2.65. The van der Waals surface area contributed by atoms with E-state index in [9.17, 15) is 4.79 Å². The molecule has 1 unspecified atom stereocenters. The van der Waals surface area contributed by atoms with E-state index in [0.717, 1.165) is 26.3 Å². The molecule has 0 radical (unpaired) electrons. The van der Waals surface area contributed by atoms with Crippen LogP contribution in [0.4, 0.5) is 4.79 Å². The van der Waals surface area contributed by atoms with Crippen molar-refractivity contribution in [2.24, 2.45) is 5.92 Å². The van der Waals surface area contributed by atoms with Crippen molar-refractivity contribution >= 4 is 6.03 Å². The van der Waals surface area contributed by atoms with Gasteiger partial charge in [-0.25, -0.2) is 4.79 Å². The molecule has 17 heavy (non-hydrogen) atoms. The number of nitrogens with one attached hydrogen (secondary N) is 2. The minimum absolute atomic E-state index is 0.0116. The number of morpholine rings is 1. The second-order valence-electron chi connectivity index (χ2n) is 4.43. The van der Waals surface area contributed by atoms with Crippen LogP contribution in [-0.4, -0.2) is 70.1 Å². The van der Waals surface area contributed by atoms with E-state index in [1.165, 1.54) is 0 Å². The monoisotopic (exact) mass is 243 g/mol. The third-order valence-electron chi connectivity index (χ3n) is 3.05. The molecule has 2 aliphatic heterocycles. The first-order chi connectivity index (χ1) is 8.36. The van der Waals surface area contributed by atoms with E-state index in [1.807, 2.05) is 0 Å². The van der Waals surface area contributed by atoms with Crippen molar-refractivity contribution < 1.29 is 14.3 Å². The molecule has 2 fully saturated rings. The zero-order valence-electron chi connectivity index (χ0n) is 10.1. The SMILES string of the molecule is O=C(NCC1CNCCOC1)N1CCOCC1. The number of ether oxygens (including phenoxy) is 2. The van der Waals surface area contributed by atoms with Gasteiger partial charge in [0.1, 0.15) is 0 Å². The minimum atomic E-state index is 0.0116. The molecule has 6 heteroatoms. The van der Waals surface area contributed by atoms with Crippen molar-refractivity contribution in [3.05, 3.63) is 0 Å². The Hall–Kier alpha value is -0.850. The highest BCUT2D eigenvalue weighted by Gasteiger charge is 2.18. The van der Waals surface area contributed by atoms with E-state index in [0.29, 0.717) is 38.8 Å². The number of carbonyl (C=O) groups excluding carboxylic acids is 1. The maximum absolute atomic E-state index is 11.8. The summed E-state index contributed by atoms with van der Waals surface area (Å²) in [6.07, 6.45) is 0. The van der Waals surface area contributed by atoms with Gasteiger partial charge in [0.05, 0.1) is 26.4 Å². The Morgan fingerprint density at radius 1 is 1.29 bits per heavy atom. The van der Waals surface area contributed by atoms with Crippen molar-refractivity contribution in [2.75, 3.05) is 59.2 Å². The van der Waals surface area contributed by atoms with Crippen molar-refractivity contribution in [1.29, 1.82) is 0 Å². The van der Waals surface area contributed by atoms with E-state index in [2.05, 4.69) is 10.6 Å². The maximum atomic E-state index is 11.8. The summed E-state index contributed by atoms with van der Waals surface area (Å²) in [6, 6.07) is 0.0116. The lowest BCUT2D eigenvalue weighted by Crippen LogP contribution is -2.48. The Balaban J connectivity index is 1.67. The molecular formula is C11H21N3O3. The van der Waals surface area contributed by atoms with Crippen molar-refractivity contribution in [2.45, 2.75) is 0 Å². The van der Waals surface area contributed by atoms with Gasteiger partial charge in [-0.3, -0.25) is 0 Å². The van der Waals surface area contributed by atoms with Crippen LogP contribution in [0.3, 0.4) is 0 Å². The number of urea groups is 1. The van der Waals surface area contributed by atoms with E-state index in [-0.39, 0.29) is 6.03 Å². The molecule has 98 valence electrons. The van der Waals surface area contributed by atoms with Gasteiger partial charge in [-0.1, -0.05) is 0 Å². The summed E-state index contributed by atoms with van der Waals surface area (Å²) in [5.74, 6) is 0.363. The van der Waals surface area contributed by atoms with Crippen LogP contribution in [0.5, 0.6) is 0 Å². The third kappa shape index (κ3) is 4.14. The predicted molar refractivity (Wildman–Crippen MR) is 63.0 cm³/mol. The minimum Gasteiger partial charge on any atom is -0.380 e. The van der Waals surface area contributed by atoms with Gasteiger partial charge in [0, 0.05) is 38.6 Å². The Labute approximate surface area is 102 Å². The molecule has 2 rings (SSSR count). The maximum Gasteiger partial charge on any atom is 0.317 e. The molecular weight excluding hydrogens is 222 g/mol. The second-order valence-corrected chi connectivity index (χ2v) is 4.43. The van der Waals surface area contributed by atoms with E-state index in [1.54, 1.807) is 4.90 Å². The molecule has 6 nitrogen and oxygen atoms in total. The van der Waals surface area contributed by atoms with Gasteiger partial charge in [0.2, 0.25) is 0 Å². The van der Waals surface area contributed by atoms with Crippen LogP contribution < -0.4 is 10.6 Å². The van der Waals surface area contributed by atoms with Crippen molar-refractivity contribution in [3.63, 3.8) is 0 Å². The lowest BCUT2D eigenvalue weighted by Gasteiger charge is -2.27. The first-order valence-corrected chi connectivity index (χ1v) is 6.25. The van der Waals surface area contributed by atoms with Crippen LogP contribution in [0.2, 0.25) is 0 Å². The summed E-state index contributed by atoms with van der Waals surface area (Å²) in [6.45, 7) is 6.60. The summed E-state index contributed by atoms with van der Waals surface area (Å²) >= 11 is 0. The zero-order chi connectivity index (χ0) is 11.9. The van der Waals surface area contributed by atoms with Gasteiger partial charge < -0.3 is 25.0 Å². The second kappa shape index (κ2) is 6.78. The Morgan fingerprint density at radius 3 is 2.94 bits per heavy atom. The summed E-state index contributed by atoms with van der Waals surface area (Å²) in [5.41, 5.74) is 0. The Morgan fingerprint density at radius 2 is 2.12 bits per heavy atom. The number of nitrogens with zero attached hydrogens (tertiary/aromatic N) is 1. The lowest BCUT2D eigenvalue weighted by atomic mass is 10.1. The molecule has 0 spiro atoms. The molecule has 0 saturated carbocycles. The molecule has 0 aromatic carbocycles. The molecule has 2 aliphatic rings. The predicted octanol–water partition coefficient (Wildman–Crippen LogP) is -0.736. The fourth-order valence-corrected chi connectivity index (χ4v) is 2.00. The number of hydrogen-bond donors (Lipinski definition) is 2. The summed E-state index contributed by atoms with van der Waals surface area (Å²) in [7, 11) is 0. The van der Waals surface area contributed by atoms with Crippen LogP contribution in [0, 0.1) is 5.92 Å². The quantitative estimate of drug-likeness (QED) is 0.671. The van der Waals surface area contributed by atoms with Gasteiger partial charge in [-0.2, -0.15) is 0 Å². The van der Waals surface area contributed by atoms with Gasteiger partial charge in [-0.05, 0) is 0 Å². The fraction of sp³-hybridized carbons (Fsp3) is 0.909. The summed E-state index contributed by atoms with van der Waals surface area (Å²) in [4.78, 5) is 13.6. The number of hydrogen-bond acceptors (Lipinski definition) is 4. The van der Waals surface area contributed by atoms with E-state index >= 15 is 0 Å². The Bertz CT molecular complexity index is 236. The van der Waals surface area contributed by atoms with Gasteiger partial charge in [0.25, 0.3) is 0 Å². The molecule has 0 aromatic heterocycles. The van der Waals surface area contributed by atoms with Crippen LogP contribution in [-0.2, 0) is 9.47 Å². The molecule has 2 heterocycles. The molecule has 1 atom stereocenters. The highest BCUT2D eigenvalue weighted by atomic mass is 16.5. The van der Waals surface area contributed by atoms with Crippen molar-refractivity contribution in [3.8, 4) is 0 Å². The van der Waals surface area contributed by atoms with Crippen LogP contribution >= 0.6 is 0 Å². The van der Waals surface area contributed by atoms with Crippen LogP contribution in [0.25, 0.3) is 0 Å². The lowest BCUT2D eigenvalue weighted by molar-refractivity contribution is 0.0525. The zero-order valence-corrected chi connectivity index (χ0v) is 10.1. The molecule has 2 amide bonds. The standard InChI is InChI=1S/C11H21N3O3/c15-11(14-2-5-16-6-3-14)13-8-10-7-12-1-4-17-9-10/h10,12H,1-9H2,(H,13,15). The van der Waals surface area contributed by atoms with Gasteiger partial charge >= 0.3 is 6.03 Å². The fourth-order valence-electron chi connectivity index (χ4n) is 2.00. The van der Waals surface area contributed by atoms with Crippen LogP contribution in [0.15, 0.2) is 0 Å².